The van der Waals surface area contributed by atoms with Crippen LogP contribution in [0.15, 0.2) is 54.3 Å². The maximum Gasteiger partial charge on any atom is 0.213 e. The first-order valence-corrected chi connectivity index (χ1v) is 8.58. The molecule has 1 aliphatic carbocycles. The highest BCUT2D eigenvalue weighted by molar-refractivity contribution is 6.01. The van der Waals surface area contributed by atoms with Gasteiger partial charge in [-0.05, 0) is 31.2 Å². The van der Waals surface area contributed by atoms with Crippen molar-refractivity contribution in [1.29, 1.82) is 0 Å². The van der Waals surface area contributed by atoms with Crippen LogP contribution in [-0.2, 0) is 13.1 Å². The van der Waals surface area contributed by atoms with Crippen molar-refractivity contribution in [2.24, 2.45) is 0 Å². The summed E-state index contributed by atoms with van der Waals surface area (Å²) < 4.78 is 13.4. The van der Waals surface area contributed by atoms with Gasteiger partial charge in [-0.1, -0.05) is 24.3 Å². The molecule has 0 spiro atoms. The number of halogens is 1. The quantitative estimate of drug-likeness (QED) is 0.711. The number of fused-ring (bicyclic) bond motifs is 2. The van der Waals surface area contributed by atoms with Crippen LogP contribution in [0.1, 0.15) is 17.0 Å². The Labute approximate surface area is 150 Å². The fourth-order valence-corrected chi connectivity index (χ4v) is 3.74. The van der Waals surface area contributed by atoms with E-state index in [-0.39, 0.29) is 0 Å². The molecular weight excluding hydrogens is 327 g/mol. The molecule has 1 aromatic carbocycles. The molecule has 26 heavy (non-hydrogen) atoms. The van der Waals surface area contributed by atoms with Crippen molar-refractivity contribution in [2.45, 2.75) is 20.0 Å². The van der Waals surface area contributed by atoms with Gasteiger partial charge in [0.05, 0.1) is 17.8 Å². The van der Waals surface area contributed by atoms with E-state index in [2.05, 4.69) is 22.0 Å². The zero-order valence-electron chi connectivity index (χ0n) is 14.3. The van der Waals surface area contributed by atoms with Crippen LogP contribution in [-0.4, -0.2) is 14.9 Å². The molecule has 0 bridgehead atoms. The van der Waals surface area contributed by atoms with Gasteiger partial charge in [0.1, 0.15) is 0 Å². The van der Waals surface area contributed by atoms with E-state index in [4.69, 9.17) is 10.7 Å². The number of nitrogens with two attached hydrogens (primary N) is 1. The van der Waals surface area contributed by atoms with Crippen molar-refractivity contribution in [1.82, 2.24) is 14.9 Å². The number of aryl methyl sites for hydroxylation is 1. The summed E-state index contributed by atoms with van der Waals surface area (Å²) in [5.74, 6) is -0.475. The topological polar surface area (TPSA) is 55.0 Å². The van der Waals surface area contributed by atoms with Crippen molar-refractivity contribution >= 4 is 16.6 Å². The third kappa shape index (κ3) is 2.13. The Kier molecular flexibility index (Phi) is 3.13. The molecule has 0 amide bonds. The Balaban J connectivity index is 1.70. The minimum Gasteiger partial charge on any atom is -0.398 e. The number of pyridine rings is 2. The van der Waals surface area contributed by atoms with E-state index in [1.54, 1.807) is 6.07 Å². The van der Waals surface area contributed by atoms with E-state index in [0.29, 0.717) is 5.69 Å². The number of nitrogen functional groups attached to an aromatic ring is 1. The van der Waals surface area contributed by atoms with Gasteiger partial charge in [-0.25, -0.2) is 9.97 Å². The van der Waals surface area contributed by atoms with E-state index in [0.717, 1.165) is 52.1 Å². The molecular formula is C21H17FN4. The monoisotopic (exact) mass is 344 g/mol. The Hall–Kier alpha value is -3.21. The molecule has 0 saturated carbocycles. The summed E-state index contributed by atoms with van der Waals surface area (Å²) in [6.45, 7) is 3.34. The number of para-hydroxylation sites is 1. The van der Waals surface area contributed by atoms with Gasteiger partial charge in [-0.15, -0.1) is 0 Å². The molecule has 2 aromatic heterocycles. The standard InChI is InChI=1S/C21H17FN4/c1-12-14(8-9-19(22)24-12)15-6-3-7-16-20(23)17-10-26(13-4-2-5-13)11-18(17)25-21(15)16/h2-9H,10-11H2,1H3,(H2,23,25). The SMILES string of the molecule is Cc1nc(F)ccc1-c1cccc2c(N)c3c(nc12)CN(C1=CC=C1)C3. The summed E-state index contributed by atoms with van der Waals surface area (Å²) in [4.78, 5) is 11.2. The Bertz CT molecular complexity index is 1130. The Morgan fingerprint density at radius 1 is 1.08 bits per heavy atom. The molecule has 2 aliphatic rings. The van der Waals surface area contributed by atoms with Crippen molar-refractivity contribution in [3.8, 4) is 11.1 Å². The van der Waals surface area contributed by atoms with Crippen LogP contribution >= 0.6 is 0 Å². The van der Waals surface area contributed by atoms with E-state index < -0.39 is 5.95 Å². The molecule has 5 heteroatoms. The summed E-state index contributed by atoms with van der Waals surface area (Å²) in [5, 5.41) is 0.935. The highest BCUT2D eigenvalue weighted by atomic mass is 19.1. The van der Waals surface area contributed by atoms with E-state index in [1.165, 1.54) is 11.8 Å². The smallest absolute Gasteiger partial charge is 0.213 e. The second-order valence-corrected chi connectivity index (χ2v) is 6.73. The lowest BCUT2D eigenvalue weighted by molar-refractivity contribution is 0.370. The average molecular weight is 344 g/mol. The molecule has 0 atom stereocenters. The predicted molar refractivity (Wildman–Crippen MR) is 101 cm³/mol. The Morgan fingerprint density at radius 3 is 2.65 bits per heavy atom. The molecule has 3 aromatic rings. The average Bonchev–Trinajstić information content (AvgIpc) is 2.97. The summed E-state index contributed by atoms with van der Waals surface area (Å²) in [6.07, 6.45) is 6.23. The van der Waals surface area contributed by atoms with Gasteiger partial charge in [0, 0.05) is 45.7 Å². The number of nitrogens with zero attached hydrogens (tertiary/aromatic N) is 3. The first kappa shape index (κ1) is 15.1. The molecule has 0 saturated heterocycles. The van der Waals surface area contributed by atoms with Crippen LogP contribution < -0.4 is 5.73 Å². The summed E-state index contributed by atoms with van der Waals surface area (Å²) in [6, 6.07) is 9.10. The Morgan fingerprint density at radius 2 is 1.92 bits per heavy atom. The number of aromatic nitrogens is 2. The van der Waals surface area contributed by atoms with Gasteiger partial charge in [-0.2, -0.15) is 4.39 Å². The van der Waals surface area contributed by atoms with E-state index in [1.807, 2.05) is 31.2 Å². The first-order valence-electron chi connectivity index (χ1n) is 8.58. The van der Waals surface area contributed by atoms with Gasteiger partial charge < -0.3 is 10.6 Å². The van der Waals surface area contributed by atoms with Crippen molar-refractivity contribution in [3.05, 3.63) is 77.2 Å². The van der Waals surface area contributed by atoms with Gasteiger partial charge >= 0.3 is 0 Å². The normalized spacial score (nSPS) is 15.2. The molecule has 5 rings (SSSR count). The zero-order chi connectivity index (χ0) is 17.8. The van der Waals surface area contributed by atoms with Crippen molar-refractivity contribution in [3.63, 3.8) is 0 Å². The fraction of sp³-hybridized carbons (Fsp3) is 0.143. The molecule has 2 N–H and O–H groups in total. The molecule has 1 aliphatic heterocycles. The highest BCUT2D eigenvalue weighted by Crippen LogP contribution is 2.38. The summed E-state index contributed by atoms with van der Waals surface area (Å²) >= 11 is 0. The van der Waals surface area contributed by atoms with Gasteiger partial charge in [0.15, 0.2) is 0 Å². The van der Waals surface area contributed by atoms with Gasteiger partial charge in [0.2, 0.25) is 5.95 Å². The first-order chi connectivity index (χ1) is 12.6. The molecule has 0 unspecified atom stereocenters. The van der Waals surface area contributed by atoms with Gasteiger partial charge in [0.25, 0.3) is 0 Å². The number of anilines is 1. The molecule has 0 fully saturated rings. The lowest BCUT2D eigenvalue weighted by Crippen LogP contribution is -2.16. The number of benzene rings is 1. The van der Waals surface area contributed by atoms with Gasteiger partial charge in [-0.3, -0.25) is 0 Å². The molecule has 4 nitrogen and oxygen atoms in total. The van der Waals surface area contributed by atoms with Crippen LogP contribution in [0, 0.1) is 12.9 Å². The van der Waals surface area contributed by atoms with Crippen LogP contribution in [0.4, 0.5) is 10.1 Å². The summed E-state index contributed by atoms with van der Waals surface area (Å²) in [5.41, 5.74) is 13.9. The molecule has 3 heterocycles. The van der Waals surface area contributed by atoms with E-state index in [9.17, 15) is 4.39 Å². The second kappa shape index (κ2) is 5.39. The predicted octanol–water partition coefficient (Wildman–Crippen LogP) is 4.10. The van der Waals surface area contributed by atoms with Crippen LogP contribution in [0.3, 0.4) is 0 Å². The third-order valence-electron chi connectivity index (χ3n) is 5.18. The maximum atomic E-state index is 13.4. The molecule has 0 radical (unpaired) electrons. The lowest BCUT2D eigenvalue weighted by atomic mass is 9.98. The minimum absolute atomic E-state index is 0.475. The third-order valence-corrected chi connectivity index (χ3v) is 5.18. The number of rotatable bonds is 2. The number of allylic oxidation sites excluding steroid dienone is 3. The largest absolute Gasteiger partial charge is 0.398 e. The lowest BCUT2D eigenvalue weighted by Gasteiger charge is -2.21. The number of hydrogen-bond donors (Lipinski definition) is 1. The summed E-state index contributed by atoms with van der Waals surface area (Å²) in [7, 11) is 0. The minimum atomic E-state index is -0.475. The fourth-order valence-electron chi connectivity index (χ4n) is 3.74. The maximum absolute atomic E-state index is 13.4. The van der Waals surface area contributed by atoms with Crippen molar-refractivity contribution < 1.29 is 4.39 Å². The number of hydrogen-bond acceptors (Lipinski definition) is 4. The second-order valence-electron chi connectivity index (χ2n) is 6.73. The zero-order valence-corrected chi connectivity index (χ0v) is 14.3. The highest BCUT2D eigenvalue weighted by Gasteiger charge is 2.26. The molecule has 128 valence electrons. The van der Waals surface area contributed by atoms with Crippen LogP contribution in [0.25, 0.3) is 22.0 Å². The van der Waals surface area contributed by atoms with Crippen molar-refractivity contribution in [2.75, 3.05) is 5.73 Å². The van der Waals surface area contributed by atoms with E-state index >= 15 is 0 Å². The van der Waals surface area contributed by atoms with Crippen LogP contribution in [0.2, 0.25) is 0 Å². The van der Waals surface area contributed by atoms with Crippen LogP contribution in [0.5, 0.6) is 0 Å².